The highest BCUT2D eigenvalue weighted by Crippen LogP contribution is 2.37. The van der Waals surface area contributed by atoms with Gasteiger partial charge >= 0.3 is 6.36 Å². The molecule has 0 amide bonds. The van der Waals surface area contributed by atoms with Crippen molar-refractivity contribution < 1.29 is 27.2 Å². The van der Waals surface area contributed by atoms with Crippen LogP contribution in [0.2, 0.25) is 0 Å². The van der Waals surface area contributed by atoms with Gasteiger partial charge in [-0.25, -0.2) is 0 Å². The van der Waals surface area contributed by atoms with E-state index in [0.29, 0.717) is 48.2 Å². The van der Waals surface area contributed by atoms with Crippen LogP contribution in [-0.4, -0.2) is 43.5 Å². The minimum absolute atomic E-state index is 0.0496. The zero-order chi connectivity index (χ0) is 26.3. The molecule has 0 N–H and O–H groups in total. The van der Waals surface area contributed by atoms with Crippen LogP contribution in [0.15, 0.2) is 47.3 Å². The summed E-state index contributed by atoms with van der Waals surface area (Å²) in [6.45, 7) is 4.36. The molecule has 36 heavy (non-hydrogen) atoms. The Bertz CT molecular complexity index is 1430. The summed E-state index contributed by atoms with van der Waals surface area (Å²) in [5, 5.41) is 11.2. The maximum absolute atomic E-state index is 13.0. The highest BCUT2D eigenvalue weighted by Gasteiger charge is 2.31. The fraction of sp³-hybridized carbons (Fsp3) is 0.360. The molecule has 0 atom stereocenters. The number of fused-ring (bicyclic) bond motifs is 1. The lowest BCUT2D eigenvalue weighted by atomic mass is 10.0. The van der Waals surface area contributed by atoms with Crippen LogP contribution >= 0.6 is 7.14 Å². The number of halogens is 3. The van der Waals surface area contributed by atoms with Crippen molar-refractivity contribution in [1.82, 2.24) is 4.57 Å². The number of rotatable bonds is 5. The SMILES string of the molecule is Cn1c(=O)c(C#N)c(N2CCC(Oc3ccc(OC(F)(F)F)cc3)CC2)c2ccc(P(C)(C)=O)cc21. The van der Waals surface area contributed by atoms with E-state index in [0.717, 1.165) is 5.39 Å². The number of pyridine rings is 1. The predicted octanol–water partition coefficient (Wildman–Crippen LogP) is 4.60. The molecule has 1 saturated heterocycles. The maximum atomic E-state index is 13.0. The molecule has 1 fully saturated rings. The fourth-order valence-corrected chi connectivity index (χ4v) is 5.25. The number of nitrogens with zero attached hydrogens (tertiary/aromatic N) is 3. The van der Waals surface area contributed by atoms with Crippen LogP contribution in [0.3, 0.4) is 0 Å². The summed E-state index contributed by atoms with van der Waals surface area (Å²) < 4.78 is 60.9. The number of ether oxygens (including phenoxy) is 2. The standard InChI is InChI=1S/C25H25F3N3O4P/c1-30-22-14-19(36(2,3)33)8-9-20(22)23(21(15-29)24(30)32)31-12-10-17(11-13-31)34-16-4-6-18(7-5-16)35-25(26,27)28/h4-9,14,17H,10-13H2,1-3H3. The molecular weight excluding hydrogens is 494 g/mol. The van der Waals surface area contributed by atoms with Gasteiger partial charge in [0.15, 0.2) is 0 Å². The molecule has 2 heterocycles. The molecule has 7 nitrogen and oxygen atoms in total. The predicted molar refractivity (Wildman–Crippen MR) is 132 cm³/mol. The maximum Gasteiger partial charge on any atom is 0.573 e. The van der Waals surface area contributed by atoms with E-state index in [1.54, 1.807) is 32.5 Å². The van der Waals surface area contributed by atoms with E-state index < -0.39 is 19.1 Å². The molecule has 0 saturated carbocycles. The molecule has 1 aliphatic rings. The minimum atomic E-state index is -4.76. The number of aromatic nitrogens is 1. The topological polar surface area (TPSA) is 84.6 Å². The molecule has 0 bridgehead atoms. The van der Waals surface area contributed by atoms with Gasteiger partial charge in [0.25, 0.3) is 5.56 Å². The Morgan fingerprint density at radius 3 is 2.22 bits per heavy atom. The van der Waals surface area contributed by atoms with Crippen LogP contribution < -0.4 is 25.2 Å². The first-order valence-electron chi connectivity index (χ1n) is 11.3. The highest BCUT2D eigenvalue weighted by molar-refractivity contribution is 7.70. The van der Waals surface area contributed by atoms with Gasteiger partial charge in [0, 0.05) is 43.7 Å². The lowest BCUT2D eigenvalue weighted by Gasteiger charge is -2.35. The first-order valence-corrected chi connectivity index (χ1v) is 13.9. The Morgan fingerprint density at radius 2 is 1.67 bits per heavy atom. The summed E-state index contributed by atoms with van der Waals surface area (Å²) >= 11 is 0. The molecule has 3 aromatic rings. The lowest BCUT2D eigenvalue weighted by molar-refractivity contribution is -0.274. The van der Waals surface area contributed by atoms with Gasteiger partial charge in [-0.3, -0.25) is 4.79 Å². The monoisotopic (exact) mass is 519 g/mol. The van der Waals surface area contributed by atoms with Crippen molar-refractivity contribution in [3.63, 3.8) is 0 Å². The van der Waals surface area contributed by atoms with Crippen molar-refractivity contribution in [2.24, 2.45) is 7.05 Å². The molecule has 2 aromatic carbocycles. The van der Waals surface area contributed by atoms with Crippen molar-refractivity contribution in [3.05, 3.63) is 58.4 Å². The van der Waals surface area contributed by atoms with Gasteiger partial charge in [-0.05, 0) is 49.7 Å². The first-order chi connectivity index (χ1) is 16.9. The van der Waals surface area contributed by atoms with Crippen molar-refractivity contribution in [2.75, 3.05) is 31.3 Å². The third-order valence-electron chi connectivity index (χ3n) is 6.20. The summed E-state index contributed by atoms with van der Waals surface area (Å²) in [6, 6.07) is 12.6. The number of hydrogen-bond donors (Lipinski definition) is 0. The Balaban J connectivity index is 1.56. The number of hydrogen-bond acceptors (Lipinski definition) is 6. The van der Waals surface area contributed by atoms with Crippen molar-refractivity contribution in [3.8, 4) is 17.6 Å². The molecular formula is C25H25F3N3O4P. The number of aryl methyl sites for hydroxylation is 1. The summed E-state index contributed by atoms with van der Waals surface area (Å²) in [5.41, 5.74) is 0.790. The minimum Gasteiger partial charge on any atom is -0.490 e. The zero-order valence-electron chi connectivity index (χ0n) is 20.0. The molecule has 1 aliphatic heterocycles. The Kier molecular flexibility index (Phi) is 6.80. The van der Waals surface area contributed by atoms with Gasteiger partial charge < -0.3 is 23.5 Å². The second kappa shape index (κ2) is 9.55. The summed E-state index contributed by atoms with van der Waals surface area (Å²) in [5.74, 6) is 0.104. The molecule has 190 valence electrons. The lowest BCUT2D eigenvalue weighted by Crippen LogP contribution is -2.40. The average Bonchev–Trinajstić information content (AvgIpc) is 2.81. The van der Waals surface area contributed by atoms with E-state index >= 15 is 0 Å². The Morgan fingerprint density at radius 1 is 1.06 bits per heavy atom. The smallest absolute Gasteiger partial charge is 0.490 e. The number of benzene rings is 2. The molecule has 0 radical (unpaired) electrons. The molecule has 0 spiro atoms. The van der Waals surface area contributed by atoms with Gasteiger partial charge in [-0.1, -0.05) is 6.07 Å². The van der Waals surface area contributed by atoms with Crippen LogP contribution in [0.4, 0.5) is 18.9 Å². The number of nitriles is 1. The summed E-state index contributed by atoms with van der Waals surface area (Å²) in [6.07, 6.45) is -3.77. The van der Waals surface area contributed by atoms with Gasteiger partial charge in [0.1, 0.15) is 36.4 Å². The third-order valence-corrected chi connectivity index (χ3v) is 7.73. The fourth-order valence-electron chi connectivity index (χ4n) is 4.38. The van der Waals surface area contributed by atoms with Crippen LogP contribution in [0.25, 0.3) is 10.9 Å². The van der Waals surface area contributed by atoms with E-state index in [9.17, 15) is 27.8 Å². The second-order valence-corrected chi connectivity index (χ2v) is 12.3. The molecule has 0 aliphatic carbocycles. The van der Waals surface area contributed by atoms with Crippen LogP contribution in [0.1, 0.15) is 18.4 Å². The normalized spacial score (nSPS) is 15.1. The average molecular weight is 519 g/mol. The molecule has 4 rings (SSSR count). The van der Waals surface area contributed by atoms with E-state index in [4.69, 9.17) is 4.74 Å². The van der Waals surface area contributed by atoms with E-state index in [2.05, 4.69) is 10.8 Å². The van der Waals surface area contributed by atoms with Crippen molar-refractivity contribution in [2.45, 2.75) is 25.3 Å². The Hall–Kier alpha value is -3.44. The number of alkyl halides is 3. The quantitative estimate of drug-likeness (QED) is 0.458. The van der Waals surface area contributed by atoms with Crippen LogP contribution in [-0.2, 0) is 11.6 Å². The third kappa shape index (κ3) is 5.36. The molecule has 1 aromatic heterocycles. The number of anilines is 1. The largest absolute Gasteiger partial charge is 0.573 e. The van der Waals surface area contributed by atoms with Crippen LogP contribution in [0, 0.1) is 11.3 Å². The molecule has 11 heteroatoms. The van der Waals surface area contributed by atoms with Gasteiger partial charge in [-0.15, -0.1) is 13.2 Å². The Labute approximate surface area is 206 Å². The highest BCUT2D eigenvalue weighted by atomic mass is 31.2. The molecule has 0 unspecified atom stereocenters. The van der Waals surface area contributed by atoms with Crippen LogP contribution in [0.5, 0.6) is 11.5 Å². The van der Waals surface area contributed by atoms with E-state index in [-0.39, 0.29) is 17.4 Å². The van der Waals surface area contributed by atoms with Gasteiger partial charge in [-0.2, -0.15) is 5.26 Å². The summed E-state index contributed by atoms with van der Waals surface area (Å²) in [4.78, 5) is 15.0. The van der Waals surface area contributed by atoms with Gasteiger partial charge in [0.05, 0.1) is 11.2 Å². The second-order valence-electron chi connectivity index (χ2n) is 9.08. The van der Waals surface area contributed by atoms with Crippen molar-refractivity contribution in [1.29, 1.82) is 5.26 Å². The van der Waals surface area contributed by atoms with E-state index in [1.165, 1.54) is 28.8 Å². The zero-order valence-corrected chi connectivity index (χ0v) is 20.9. The first kappa shape index (κ1) is 25.6. The summed E-state index contributed by atoms with van der Waals surface area (Å²) in [7, 11) is -0.955. The van der Waals surface area contributed by atoms with E-state index in [1.807, 2.05) is 11.0 Å². The number of piperidine rings is 1. The van der Waals surface area contributed by atoms with Crippen molar-refractivity contribution >= 4 is 29.0 Å². The van der Waals surface area contributed by atoms with Gasteiger partial charge in [0.2, 0.25) is 0 Å².